The molecule has 0 unspecified atom stereocenters. The average molecular weight is 461 g/mol. The Bertz CT molecular complexity index is 1030. The standard InChI is InChI=1S/C20H22F3NO6S/c1-4-24(5-2)31(26,27)14-7-8-16(21)15(11-14)19(25)29-12-13-6-9-17(30-20(22)23)18(10-13)28-3/h6-11,20H,4-5,12H2,1-3H3. The predicted molar refractivity (Wildman–Crippen MR) is 105 cm³/mol. The summed E-state index contributed by atoms with van der Waals surface area (Å²) in [7, 11) is -2.65. The zero-order chi connectivity index (χ0) is 23.2. The Morgan fingerprint density at radius 1 is 1.06 bits per heavy atom. The number of hydrogen-bond donors (Lipinski definition) is 0. The van der Waals surface area contributed by atoms with Crippen molar-refractivity contribution >= 4 is 16.0 Å². The van der Waals surface area contributed by atoms with Crippen molar-refractivity contribution in [1.82, 2.24) is 4.31 Å². The Morgan fingerprint density at radius 3 is 2.32 bits per heavy atom. The zero-order valence-electron chi connectivity index (χ0n) is 17.1. The molecule has 2 aromatic carbocycles. The predicted octanol–water partition coefficient (Wildman–Crippen LogP) is 3.82. The molecular formula is C20H22F3NO6S. The van der Waals surface area contributed by atoms with Crippen molar-refractivity contribution in [2.24, 2.45) is 0 Å². The lowest BCUT2D eigenvalue weighted by Crippen LogP contribution is -2.30. The van der Waals surface area contributed by atoms with Crippen LogP contribution in [0.25, 0.3) is 0 Å². The van der Waals surface area contributed by atoms with Gasteiger partial charge in [0.15, 0.2) is 11.5 Å². The van der Waals surface area contributed by atoms with Crippen molar-refractivity contribution in [3.8, 4) is 11.5 Å². The first-order valence-electron chi connectivity index (χ1n) is 9.22. The van der Waals surface area contributed by atoms with E-state index in [4.69, 9.17) is 9.47 Å². The molecule has 0 spiro atoms. The third-order valence-electron chi connectivity index (χ3n) is 4.31. The molecule has 7 nitrogen and oxygen atoms in total. The van der Waals surface area contributed by atoms with Gasteiger partial charge >= 0.3 is 12.6 Å². The molecule has 0 saturated carbocycles. The number of hydrogen-bond acceptors (Lipinski definition) is 6. The van der Waals surface area contributed by atoms with Crippen molar-refractivity contribution in [1.29, 1.82) is 0 Å². The number of sulfonamides is 1. The third-order valence-corrected chi connectivity index (χ3v) is 6.36. The Hall–Kier alpha value is -2.79. The van der Waals surface area contributed by atoms with E-state index in [-0.39, 0.29) is 36.1 Å². The molecule has 31 heavy (non-hydrogen) atoms. The minimum absolute atomic E-state index is 0.00709. The maximum atomic E-state index is 14.2. The van der Waals surface area contributed by atoms with Gasteiger partial charge in [-0.05, 0) is 35.9 Å². The summed E-state index contributed by atoms with van der Waals surface area (Å²) in [5, 5.41) is 0. The van der Waals surface area contributed by atoms with E-state index in [1.165, 1.54) is 29.6 Å². The van der Waals surface area contributed by atoms with Crippen LogP contribution in [-0.4, -0.2) is 45.5 Å². The monoisotopic (exact) mass is 461 g/mol. The third kappa shape index (κ3) is 5.88. The van der Waals surface area contributed by atoms with Crippen LogP contribution in [-0.2, 0) is 21.4 Å². The summed E-state index contributed by atoms with van der Waals surface area (Å²) in [6, 6.07) is 6.78. The maximum Gasteiger partial charge on any atom is 0.387 e. The lowest BCUT2D eigenvalue weighted by atomic mass is 10.2. The van der Waals surface area contributed by atoms with Gasteiger partial charge in [-0.25, -0.2) is 17.6 Å². The smallest absolute Gasteiger partial charge is 0.387 e. The molecule has 0 fully saturated rings. The number of esters is 1. The van der Waals surface area contributed by atoms with E-state index in [9.17, 15) is 26.4 Å². The molecule has 2 aromatic rings. The van der Waals surface area contributed by atoms with Gasteiger partial charge in [0.1, 0.15) is 12.4 Å². The quantitative estimate of drug-likeness (QED) is 0.501. The highest BCUT2D eigenvalue weighted by atomic mass is 32.2. The van der Waals surface area contributed by atoms with Crippen LogP contribution in [0, 0.1) is 5.82 Å². The van der Waals surface area contributed by atoms with E-state index in [1.54, 1.807) is 13.8 Å². The van der Waals surface area contributed by atoms with Crippen molar-refractivity contribution in [3.05, 3.63) is 53.3 Å². The summed E-state index contributed by atoms with van der Waals surface area (Å²) >= 11 is 0. The Morgan fingerprint density at radius 2 is 1.74 bits per heavy atom. The number of methoxy groups -OCH3 is 1. The van der Waals surface area contributed by atoms with Gasteiger partial charge in [0.2, 0.25) is 10.0 Å². The first-order chi connectivity index (χ1) is 14.6. The minimum atomic E-state index is -3.90. The van der Waals surface area contributed by atoms with E-state index in [1.807, 2.05) is 0 Å². The van der Waals surface area contributed by atoms with Crippen molar-refractivity contribution in [2.75, 3.05) is 20.2 Å². The fraction of sp³-hybridized carbons (Fsp3) is 0.350. The van der Waals surface area contributed by atoms with Crippen LogP contribution in [0.15, 0.2) is 41.3 Å². The summed E-state index contributed by atoms with van der Waals surface area (Å²) in [5.74, 6) is -2.23. The SMILES string of the molecule is CCN(CC)S(=O)(=O)c1ccc(F)c(C(=O)OCc2ccc(OC(F)F)c(OC)c2)c1. The van der Waals surface area contributed by atoms with Crippen LogP contribution < -0.4 is 9.47 Å². The highest BCUT2D eigenvalue weighted by Gasteiger charge is 2.25. The number of carbonyl (C=O) groups excluding carboxylic acids is 1. The van der Waals surface area contributed by atoms with Gasteiger partial charge in [-0.3, -0.25) is 0 Å². The second kappa shape index (κ2) is 10.5. The fourth-order valence-electron chi connectivity index (χ4n) is 2.76. The highest BCUT2D eigenvalue weighted by molar-refractivity contribution is 7.89. The first kappa shape index (κ1) is 24.5. The molecule has 0 aliphatic carbocycles. The van der Waals surface area contributed by atoms with Gasteiger partial charge in [-0.1, -0.05) is 19.9 Å². The lowest BCUT2D eigenvalue weighted by molar-refractivity contribution is -0.0512. The Balaban J connectivity index is 2.21. The fourth-order valence-corrected chi connectivity index (χ4v) is 4.24. The largest absolute Gasteiger partial charge is 0.493 e. The second-order valence-corrected chi connectivity index (χ2v) is 8.11. The van der Waals surface area contributed by atoms with Gasteiger partial charge in [-0.15, -0.1) is 0 Å². The number of alkyl halides is 2. The summed E-state index contributed by atoms with van der Waals surface area (Å²) in [6.45, 7) is 0.362. The summed E-state index contributed by atoms with van der Waals surface area (Å²) in [6.07, 6.45) is 0. The van der Waals surface area contributed by atoms with E-state index in [2.05, 4.69) is 4.74 Å². The highest BCUT2D eigenvalue weighted by Crippen LogP contribution is 2.30. The topological polar surface area (TPSA) is 82.1 Å². The number of carbonyl (C=O) groups is 1. The molecule has 0 aromatic heterocycles. The lowest BCUT2D eigenvalue weighted by Gasteiger charge is -2.18. The minimum Gasteiger partial charge on any atom is -0.493 e. The Kier molecular flexibility index (Phi) is 8.28. The van der Waals surface area contributed by atoms with E-state index < -0.39 is 34.0 Å². The van der Waals surface area contributed by atoms with Gasteiger partial charge in [0, 0.05) is 13.1 Å². The summed E-state index contributed by atoms with van der Waals surface area (Å²) in [5.41, 5.74) is -0.183. The molecule has 11 heteroatoms. The molecule has 2 rings (SSSR count). The van der Waals surface area contributed by atoms with Crippen LogP contribution in [0.3, 0.4) is 0 Å². The van der Waals surface area contributed by atoms with Gasteiger partial charge in [-0.2, -0.15) is 13.1 Å². The molecule has 0 aliphatic rings. The molecule has 0 aliphatic heterocycles. The van der Waals surface area contributed by atoms with E-state index in [0.717, 1.165) is 18.2 Å². The number of ether oxygens (including phenoxy) is 3. The number of halogens is 3. The van der Waals surface area contributed by atoms with Crippen LogP contribution >= 0.6 is 0 Å². The van der Waals surface area contributed by atoms with Gasteiger partial charge in [0.25, 0.3) is 0 Å². The molecule has 0 amide bonds. The van der Waals surface area contributed by atoms with Crippen molar-refractivity contribution in [3.63, 3.8) is 0 Å². The molecule has 0 heterocycles. The van der Waals surface area contributed by atoms with Crippen molar-refractivity contribution < 1.29 is 40.6 Å². The van der Waals surface area contributed by atoms with Crippen LogP contribution in [0.1, 0.15) is 29.8 Å². The number of nitrogens with zero attached hydrogens (tertiary/aromatic N) is 1. The molecular weight excluding hydrogens is 439 g/mol. The Labute approximate surface area is 178 Å². The van der Waals surface area contributed by atoms with Gasteiger partial charge in [0.05, 0.1) is 17.6 Å². The molecule has 0 saturated heterocycles. The normalized spacial score (nSPS) is 11.6. The van der Waals surface area contributed by atoms with Crippen LogP contribution in [0.2, 0.25) is 0 Å². The first-order valence-corrected chi connectivity index (χ1v) is 10.7. The molecule has 170 valence electrons. The number of rotatable bonds is 10. The van der Waals surface area contributed by atoms with Gasteiger partial charge < -0.3 is 14.2 Å². The second-order valence-electron chi connectivity index (χ2n) is 6.17. The van der Waals surface area contributed by atoms with E-state index >= 15 is 0 Å². The van der Waals surface area contributed by atoms with E-state index in [0.29, 0.717) is 5.56 Å². The van der Waals surface area contributed by atoms with Crippen molar-refractivity contribution in [2.45, 2.75) is 32.0 Å². The summed E-state index contributed by atoms with van der Waals surface area (Å²) < 4.78 is 79.7. The summed E-state index contributed by atoms with van der Waals surface area (Å²) in [4.78, 5) is 12.1. The van der Waals surface area contributed by atoms with Crippen LogP contribution in [0.4, 0.5) is 13.2 Å². The molecule has 0 N–H and O–H groups in total. The number of benzene rings is 2. The molecule has 0 bridgehead atoms. The van der Waals surface area contributed by atoms with Crippen LogP contribution in [0.5, 0.6) is 11.5 Å². The zero-order valence-corrected chi connectivity index (χ0v) is 17.9. The maximum absolute atomic E-state index is 14.2. The molecule has 0 atom stereocenters. The average Bonchev–Trinajstić information content (AvgIpc) is 2.73. The molecule has 0 radical (unpaired) electrons.